The molecule has 1 aromatic carbocycles. The third kappa shape index (κ3) is 3.98. The Morgan fingerprint density at radius 3 is 2.71 bits per heavy atom. The van der Waals surface area contributed by atoms with Crippen molar-refractivity contribution in [2.75, 3.05) is 6.61 Å². The van der Waals surface area contributed by atoms with E-state index in [9.17, 15) is 4.79 Å². The smallest absolute Gasteiger partial charge is 0.223 e. The van der Waals surface area contributed by atoms with E-state index in [0.29, 0.717) is 31.2 Å². The van der Waals surface area contributed by atoms with E-state index >= 15 is 0 Å². The summed E-state index contributed by atoms with van der Waals surface area (Å²) in [5.41, 5.74) is 0. The lowest BCUT2D eigenvalue weighted by Crippen LogP contribution is -2.48. The molecule has 3 rings (SSSR count). The molecular formula is C16H21BrN2O2. The molecule has 1 aromatic rings. The molecule has 0 spiro atoms. The Kier molecular flexibility index (Phi) is 4.80. The van der Waals surface area contributed by atoms with E-state index < -0.39 is 0 Å². The number of hydrogen-bond acceptors (Lipinski definition) is 3. The lowest BCUT2D eigenvalue weighted by Gasteiger charge is -2.29. The molecule has 4 nitrogen and oxygen atoms in total. The molecule has 0 aliphatic carbocycles. The number of para-hydroxylation sites is 1. The summed E-state index contributed by atoms with van der Waals surface area (Å²) in [6.45, 7) is 0.409. The Morgan fingerprint density at radius 2 is 2.00 bits per heavy atom. The first-order chi connectivity index (χ1) is 10.2. The van der Waals surface area contributed by atoms with E-state index in [1.807, 2.05) is 24.3 Å². The molecule has 5 heteroatoms. The molecule has 0 saturated carbocycles. The van der Waals surface area contributed by atoms with Gasteiger partial charge < -0.3 is 15.4 Å². The van der Waals surface area contributed by atoms with Gasteiger partial charge in [0.2, 0.25) is 5.91 Å². The molecule has 114 valence electrons. The molecule has 2 saturated heterocycles. The minimum atomic E-state index is 0.0911. The van der Waals surface area contributed by atoms with Crippen LogP contribution in [0.5, 0.6) is 5.75 Å². The molecule has 21 heavy (non-hydrogen) atoms. The van der Waals surface area contributed by atoms with Gasteiger partial charge in [-0.2, -0.15) is 0 Å². The summed E-state index contributed by atoms with van der Waals surface area (Å²) in [7, 11) is 0. The van der Waals surface area contributed by atoms with Gasteiger partial charge in [-0.1, -0.05) is 12.1 Å². The summed E-state index contributed by atoms with van der Waals surface area (Å²) < 4.78 is 6.55. The summed E-state index contributed by atoms with van der Waals surface area (Å²) in [6.07, 6.45) is 5.03. The predicted molar refractivity (Wildman–Crippen MR) is 85.4 cm³/mol. The Labute approximate surface area is 133 Å². The number of nitrogens with one attached hydrogen (secondary N) is 2. The molecule has 0 aromatic heterocycles. The fraction of sp³-hybridized carbons (Fsp3) is 0.562. The van der Waals surface area contributed by atoms with Crippen molar-refractivity contribution in [3.05, 3.63) is 28.7 Å². The highest BCUT2D eigenvalue weighted by Gasteiger charge is 2.33. The Hall–Kier alpha value is -1.07. The average Bonchev–Trinajstić information content (AvgIpc) is 2.80. The lowest BCUT2D eigenvalue weighted by molar-refractivity contribution is -0.122. The zero-order valence-corrected chi connectivity index (χ0v) is 13.6. The van der Waals surface area contributed by atoms with Crippen LogP contribution in [0.15, 0.2) is 28.7 Å². The van der Waals surface area contributed by atoms with Crippen molar-refractivity contribution < 1.29 is 9.53 Å². The second-order valence-electron chi connectivity index (χ2n) is 5.90. The van der Waals surface area contributed by atoms with E-state index in [4.69, 9.17) is 4.74 Å². The Bertz CT molecular complexity index is 497. The number of benzene rings is 1. The Balaban J connectivity index is 1.40. The van der Waals surface area contributed by atoms with Gasteiger partial charge in [0.05, 0.1) is 17.5 Å². The van der Waals surface area contributed by atoms with Gasteiger partial charge in [-0.05, 0) is 53.7 Å². The molecular weight excluding hydrogens is 332 g/mol. The third-order valence-electron chi connectivity index (χ3n) is 4.26. The average molecular weight is 353 g/mol. The van der Waals surface area contributed by atoms with E-state index in [2.05, 4.69) is 26.6 Å². The maximum absolute atomic E-state index is 12.0. The van der Waals surface area contributed by atoms with Crippen molar-refractivity contribution in [3.63, 3.8) is 0 Å². The van der Waals surface area contributed by atoms with Gasteiger partial charge in [0.15, 0.2) is 0 Å². The molecule has 1 amide bonds. The summed E-state index contributed by atoms with van der Waals surface area (Å²) in [5.74, 6) is 0.874. The first-order valence-electron chi connectivity index (χ1n) is 7.63. The normalized spacial score (nSPS) is 27.4. The molecule has 2 aliphatic rings. The number of fused-ring (bicyclic) bond motifs is 2. The first kappa shape index (κ1) is 14.9. The summed E-state index contributed by atoms with van der Waals surface area (Å²) in [6, 6.07) is 9.23. The largest absolute Gasteiger partial charge is 0.492 e. The van der Waals surface area contributed by atoms with Crippen LogP contribution in [0.1, 0.15) is 32.1 Å². The van der Waals surface area contributed by atoms with Gasteiger partial charge in [-0.25, -0.2) is 0 Å². The molecule has 2 atom stereocenters. The quantitative estimate of drug-likeness (QED) is 0.856. The zero-order valence-electron chi connectivity index (χ0n) is 12.0. The number of amides is 1. The van der Waals surface area contributed by atoms with E-state index in [1.54, 1.807) is 0 Å². The number of ether oxygens (including phenoxy) is 1. The molecule has 2 heterocycles. The highest BCUT2D eigenvalue weighted by atomic mass is 79.9. The number of carbonyl (C=O) groups excluding carboxylic acids is 1. The third-order valence-corrected chi connectivity index (χ3v) is 4.92. The highest BCUT2D eigenvalue weighted by Crippen LogP contribution is 2.27. The van der Waals surface area contributed by atoms with Crippen LogP contribution in [0, 0.1) is 0 Å². The van der Waals surface area contributed by atoms with Crippen molar-refractivity contribution in [1.82, 2.24) is 10.6 Å². The second-order valence-corrected chi connectivity index (χ2v) is 6.76. The zero-order chi connectivity index (χ0) is 14.7. The van der Waals surface area contributed by atoms with Crippen LogP contribution < -0.4 is 15.4 Å². The van der Waals surface area contributed by atoms with Gasteiger partial charge in [-0.15, -0.1) is 0 Å². The van der Waals surface area contributed by atoms with E-state index in [0.717, 1.165) is 23.1 Å². The Morgan fingerprint density at radius 1 is 1.29 bits per heavy atom. The number of carbonyl (C=O) groups is 1. The fourth-order valence-electron chi connectivity index (χ4n) is 3.29. The maximum atomic E-state index is 12.0. The van der Waals surface area contributed by atoms with Crippen molar-refractivity contribution in [3.8, 4) is 5.75 Å². The summed E-state index contributed by atoms with van der Waals surface area (Å²) >= 11 is 3.43. The highest BCUT2D eigenvalue weighted by molar-refractivity contribution is 9.10. The maximum Gasteiger partial charge on any atom is 0.223 e. The molecule has 2 N–H and O–H groups in total. The second kappa shape index (κ2) is 6.79. The van der Waals surface area contributed by atoms with Crippen LogP contribution in [0.4, 0.5) is 0 Å². The molecule has 0 radical (unpaired) electrons. The summed E-state index contributed by atoms with van der Waals surface area (Å²) in [5, 5.41) is 6.73. The monoisotopic (exact) mass is 352 g/mol. The van der Waals surface area contributed by atoms with Gasteiger partial charge in [0.1, 0.15) is 5.75 Å². The van der Waals surface area contributed by atoms with Crippen LogP contribution in [0.25, 0.3) is 0 Å². The summed E-state index contributed by atoms with van der Waals surface area (Å²) in [4.78, 5) is 12.0. The van der Waals surface area contributed by atoms with Gasteiger partial charge in [0, 0.05) is 18.1 Å². The molecule has 2 bridgehead atoms. The number of hydrogen-bond donors (Lipinski definition) is 2. The van der Waals surface area contributed by atoms with Gasteiger partial charge >= 0.3 is 0 Å². The SMILES string of the molecule is O=C(CCOc1ccccc1Br)NC1CC2CCC(C1)N2. The van der Waals surface area contributed by atoms with Crippen molar-refractivity contribution in [2.45, 2.75) is 50.2 Å². The lowest BCUT2D eigenvalue weighted by atomic mass is 10.00. The van der Waals surface area contributed by atoms with Crippen molar-refractivity contribution in [1.29, 1.82) is 0 Å². The minimum absolute atomic E-state index is 0.0911. The van der Waals surface area contributed by atoms with E-state index in [1.165, 1.54) is 12.8 Å². The standard InChI is InChI=1S/C16H21BrN2O2/c17-14-3-1-2-4-15(14)21-8-7-16(20)19-13-9-11-5-6-12(10-13)18-11/h1-4,11-13,18H,5-10H2,(H,19,20). The number of rotatable bonds is 5. The van der Waals surface area contributed by atoms with Crippen LogP contribution in [0.3, 0.4) is 0 Å². The van der Waals surface area contributed by atoms with Crippen LogP contribution in [-0.2, 0) is 4.79 Å². The molecule has 2 aliphatic heterocycles. The molecule has 2 unspecified atom stereocenters. The number of piperidine rings is 1. The van der Waals surface area contributed by atoms with Crippen molar-refractivity contribution >= 4 is 21.8 Å². The topological polar surface area (TPSA) is 50.4 Å². The van der Waals surface area contributed by atoms with Gasteiger partial charge in [-0.3, -0.25) is 4.79 Å². The fourth-order valence-corrected chi connectivity index (χ4v) is 3.69. The van der Waals surface area contributed by atoms with E-state index in [-0.39, 0.29) is 5.91 Å². The van der Waals surface area contributed by atoms with Gasteiger partial charge in [0.25, 0.3) is 0 Å². The minimum Gasteiger partial charge on any atom is -0.492 e. The van der Waals surface area contributed by atoms with Crippen LogP contribution in [0.2, 0.25) is 0 Å². The van der Waals surface area contributed by atoms with Crippen LogP contribution in [-0.4, -0.2) is 30.6 Å². The molecule has 2 fully saturated rings. The van der Waals surface area contributed by atoms with Crippen LogP contribution >= 0.6 is 15.9 Å². The predicted octanol–water partition coefficient (Wildman–Crippen LogP) is 2.62. The number of halogens is 1. The first-order valence-corrected chi connectivity index (χ1v) is 8.43. The van der Waals surface area contributed by atoms with Crippen molar-refractivity contribution in [2.24, 2.45) is 0 Å².